The second kappa shape index (κ2) is 15.7. The number of benzene rings is 3. The number of aliphatic hydroxyl groups is 1. The molecule has 0 spiro atoms. The number of carbonyl (C=O) groups excluding carboxylic acids is 1. The predicted molar refractivity (Wildman–Crippen MR) is 173 cm³/mol. The SMILES string of the molecule is CCNc1cc(C(=O)N[C@@H](Cc2ccccc2)[C@H](O)CN[C@H]2CCc3ccccc32)cc(N2CCCCS2(=O)=O)c1.O=CO. The number of anilines is 2. The van der Waals surface area contributed by atoms with E-state index in [2.05, 4.69) is 34.1 Å². The fourth-order valence-corrected chi connectivity index (χ4v) is 7.47. The van der Waals surface area contributed by atoms with Gasteiger partial charge in [0.2, 0.25) is 10.0 Å². The minimum Gasteiger partial charge on any atom is -0.483 e. The highest BCUT2D eigenvalue weighted by Crippen LogP contribution is 2.31. The summed E-state index contributed by atoms with van der Waals surface area (Å²) in [5.41, 5.74) is 5.11. The molecule has 1 fully saturated rings. The second-order valence-corrected chi connectivity index (χ2v) is 13.0. The minimum absolute atomic E-state index is 0.101. The summed E-state index contributed by atoms with van der Waals surface area (Å²) in [7, 11) is -3.44. The molecule has 1 amide bonds. The molecule has 3 aromatic rings. The third-order valence-electron chi connectivity index (χ3n) is 7.98. The lowest BCUT2D eigenvalue weighted by atomic mass is 9.99. The van der Waals surface area contributed by atoms with E-state index in [1.165, 1.54) is 15.4 Å². The minimum atomic E-state index is -3.44. The van der Waals surface area contributed by atoms with Gasteiger partial charge in [-0.25, -0.2) is 8.42 Å². The fraction of sp³-hybridized carbons (Fsp3) is 0.394. The molecule has 0 unspecified atom stereocenters. The van der Waals surface area contributed by atoms with Crippen LogP contribution in [0.2, 0.25) is 0 Å². The number of fused-ring (bicyclic) bond motifs is 1. The number of carboxylic acid groups (broad SMARTS) is 1. The lowest BCUT2D eigenvalue weighted by molar-refractivity contribution is -0.122. The Balaban J connectivity index is 0.00000141. The predicted octanol–water partition coefficient (Wildman–Crippen LogP) is 3.73. The smallest absolute Gasteiger partial charge is 0.290 e. The fourth-order valence-electron chi connectivity index (χ4n) is 5.85. The van der Waals surface area contributed by atoms with E-state index in [1.54, 1.807) is 18.2 Å². The first kappa shape index (κ1) is 33.0. The van der Waals surface area contributed by atoms with Crippen molar-refractivity contribution in [3.63, 3.8) is 0 Å². The third kappa shape index (κ3) is 8.58. The molecule has 0 saturated carbocycles. The molecule has 44 heavy (non-hydrogen) atoms. The molecule has 0 aromatic heterocycles. The molecule has 11 heteroatoms. The van der Waals surface area contributed by atoms with E-state index in [9.17, 15) is 18.3 Å². The first-order valence-electron chi connectivity index (χ1n) is 15.1. The number of aliphatic hydroxyl groups excluding tert-OH is 1. The van der Waals surface area contributed by atoms with Crippen molar-refractivity contribution in [2.24, 2.45) is 0 Å². The molecule has 10 nitrogen and oxygen atoms in total. The van der Waals surface area contributed by atoms with Crippen LogP contribution in [-0.2, 0) is 27.7 Å². The highest BCUT2D eigenvalue weighted by molar-refractivity contribution is 7.92. The van der Waals surface area contributed by atoms with Gasteiger partial charge in [0.15, 0.2) is 0 Å². The lowest BCUT2D eigenvalue weighted by Gasteiger charge is -2.29. The normalized spacial score (nSPS) is 18.2. The number of nitrogens with zero attached hydrogens (tertiary/aromatic N) is 1. The molecule has 2 aliphatic rings. The zero-order chi connectivity index (χ0) is 31.5. The van der Waals surface area contributed by atoms with Crippen LogP contribution in [0.5, 0.6) is 0 Å². The summed E-state index contributed by atoms with van der Waals surface area (Å²) in [4.78, 5) is 22.0. The van der Waals surface area contributed by atoms with E-state index < -0.39 is 22.2 Å². The number of sulfonamides is 1. The highest BCUT2D eigenvalue weighted by atomic mass is 32.2. The van der Waals surface area contributed by atoms with Crippen LogP contribution < -0.4 is 20.3 Å². The largest absolute Gasteiger partial charge is 0.483 e. The van der Waals surface area contributed by atoms with Crippen LogP contribution in [0.15, 0.2) is 72.8 Å². The van der Waals surface area contributed by atoms with E-state index in [4.69, 9.17) is 9.90 Å². The second-order valence-electron chi connectivity index (χ2n) is 11.0. The molecule has 1 aliphatic carbocycles. The molecule has 1 heterocycles. The average molecular weight is 623 g/mol. The zero-order valence-corrected chi connectivity index (χ0v) is 25.8. The third-order valence-corrected chi connectivity index (χ3v) is 9.85. The van der Waals surface area contributed by atoms with Gasteiger partial charge >= 0.3 is 0 Å². The Bertz CT molecular complexity index is 1500. The Morgan fingerprint density at radius 2 is 1.80 bits per heavy atom. The summed E-state index contributed by atoms with van der Waals surface area (Å²) >= 11 is 0. The Morgan fingerprint density at radius 3 is 2.52 bits per heavy atom. The number of carbonyl (C=O) groups is 2. The van der Waals surface area contributed by atoms with Crippen LogP contribution >= 0.6 is 0 Å². The maximum absolute atomic E-state index is 13.7. The Labute approximate surface area is 259 Å². The molecule has 1 aliphatic heterocycles. The average Bonchev–Trinajstić information content (AvgIpc) is 3.43. The molecule has 0 radical (unpaired) electrons. The van der Waals surface area contributed by atoms with Crippen LogP contribution in [-0.4, -0.2) is 68.5 Å². The number of rotatable bonds is 11. The standard InChI is InChI=1S/C32H40N4O4S.CH2O2/c1-2-33-26-19-25(20-27(21-26)36-16-8-9-17-41(36,39)40)32(38)35-30(18-23-10-4-3-5-11-23)31(37)22-34-29-15-14-24-12-6-7-13-28(24)29;2-1-3/h3-7,10-13,19-21,29-31,33-34,37H,2,8-9,14-18,22H2,1H3,(H,35,38);1H,(H,2,3)/t29-,30-,31+;/m0./s1. The van der Waals surface area contributed by atoms with Crippen molar-refractivity contribution in [2.75, 3.05) is 35.0 Å². The maximum Gasteiger partial charge on any atom is 0.290 e. The van der Waals surface area contributed by atoms with E-state index in [0.29, 0.717) is 49.4 Å². The molecule has 5 N–H and O–H groups in total. The molecule has 0 bridgehead atoms. The zero-order valence-electron chi connectivity index (χ0n) is 25.0. The molecular weight excluding hydrogens is 580 g/mol. The molecule has 236 valence electrons. The first-order chi connectivity index (χ1) is 21.2. The summed E-state index contributed by atoms with van der Waals surface area (Å²) in [5.74, 6) is -0.254. The van der Waals surface area contributed by atoms with Crippen LogP contribution in [0, 0.1) is 0 Å². The summed E-state index contributed by atoms with van der Waals surface area (Å²) in [6.45, 7) is 3.05. The summed E-state index contributed by atoms with van der Waals surface area (Å²) in [6.07, 6.45) is 3.00. The number of hydrogen-bond donors (Lipinski definition) is 5. The van der Waals surface area contributed by atoms with Gasteiger partial charge < -0.3 is 26.2 Å². The van der Waals surface area contributed by atoms with E-state index >= 15 is 0 Å². The van der Waals surface area contributed by atoms with Crippen LogP contribution in [0.25, 0.3) is 0 Å². The maximum atomic E-state index is 13.7. The van der Waals surface area contributed by atoms with Crippen LogP contribution in [0.4, 0.5) is 11.4 Å². The highest BCUT2D eigenvalue weighted by Gasteiger charge is 2.29. The molecule has 3 atom stereocenters. The van der Waals surface area contributed by atoms with Crippen molar-refractivity contribution in [1.82, 2.24) is 10.6 Å². The summed E-state index contributed by atoms with van der Waals surface area (Å²) < 4.78 is 27.1. The van der Waals surface area contributed by atoms with Gasteiger partial charge in [0.25, 0.3) is 12.4 Å². The Hall–Kier alpha value is -3.93. The number of amides is 1. The quantitative estimate of drug-likeness (QED) is 0.203. The van der Waals surface area contributed by atoms with E-state index in [1.807, 2.05) is 43.3 Å². The molecule has 5 rings (SSSR count). The van der Waals surface area contributed by atoms with Gasteiger partial charge in [0.1, 0.15) is 0 Å². The number of hydrogen-bond acceptors (Lipinski definition) is 7. The monoisotopic (exact) mass is 622 g/mol. The van der Waals surface area contributed by atoms with Gasteiger partial charge in [-0.05, 0) is 73.9 Å². The lowest BCUT2D eigenvalue weighted by Crippen LogP contribution is -2.49. The van der Waals surface area contributed by atoms with Crippen molar-refractivity contribution in [2.45, 2.75) is 57.2 Å². The van der Waals surface area contributed by atoms with Crippen molar-refractivity contribution in [3.05, 3.63) is 95.1 Å². The van der Waals surface area contributed by atoms with Gasteiger partial charge in [0, 0.05) is 36.9 Å². The van der Waals surface area contributed by atoms with Gasteiger partial charge in [-0.2, -0.15) is 0 Å². The van der Waals surface area contributed by atoms with Crippen molar-refractivity contribution in [3.8, 4) is 0 Å². The summed E-state index contributed by atoms with van der Waals surface area (Å²) in [5, 5.41) is 28.1. The van der Waals surface area contributed by atoms with Gasteiger partial charge in [0.05, 0.1) is 23.6 Å². The van der Waals surface area contributed by atoms with Gasteiger partial charge in [-0.1, -0.05) is 54.6 Å². The van der Waals surface area contributed by atoms with E-state index in [0.717, 1.165) is 24.8 Å². The van der Waals surface area contributed by atoms with E-state index in [-0.39, 0.29) is 24.2 Å². The molecule has 1 saturated heterocycles. The van der Waals surface area contributed by atoms with Crippen molar-refractivity contribution < 1.29 is 28.2 Å². The van der Waals surface area contributed by atoms with Crippen LogP contribution in [0.3, 0.4) is 0 Å². The number of nitrogens with one attached hydrogen (secondary N) is 3. The van der Waals surface area contributed by atoms with Gasteiger partial charge in [-0.15, -0.1) is 0 Å². The topological polar surface area (TPSA) is 148 Å². The molecular formula is C33H42N4O6S. The van der Waals surface area contributed by atoms with Crippen LogP contribution in [0.1, 0.15) is 59.3 Å². The number of aryl methyl sites for hydroxylation is 1. The molecule has 3 aromatic carbocycles. The van der Waals surface area contributed by atoms with Crippen molar-refractivity contribution in [1.29, 1.82) is 0 Å². The Kier molecular flexibility index (Phi) is 11.8. The van der Waals surface area contributed by atoms with Gasteiger partial charge in [-0.3, -0.25) is 13.9 Å². The summed E-state index contributed by atoms with van der Waals surface area (Å²) in [6, 6.07) is 22.9. The first-order valence-corrected chi connectivity index (χ1v) is 16.7. The van der Waals surface area contributed by atoms with Crippen molar-refractivity contribution >= 4 is 33.8 Å². The Morgan fingerprint density at radius 1 is 1.07 bits per heavy atom.